The summed E-state index contributed by atoms with van der Waals surface area (Å²) in [4.78, 5) is 34.1. The Hall–Kier alpha value is -1.79. The van der Waals surface area contributed by atoms with Gasteiger partial charge in [0.15, 0.2) is 0 Å². The van der Waals surface area contributed by atoms with Gasteiger partial charge in [-0.05, 0) is 6.42 Å². The van der Waals surface area contributed by atoms with Crippen LogP contribution in [0.1, 0.15) is 19.8 Å². The van der Waals surface area contributed by atoms with Crippen LogP contribution in [0.2, 0.25) is 0 Å². The molecule has 3 amide bonds. The summed E-state index contributed by atoms with van der Waals surface area (Å²) in [6, 6.07) is -1.81. The summed E-state index contributed by atoms with van der Waals surface area (Å²) in [5.41, 5.74) is 4.87. The van der Waals surface area contributed by atoms with Crippen LogP contribution in [-0.4, -0.2) is 47.5 Å². The first-order chi connectivity index (χ1) is 7.38. The first-order valence-corrected chi connectivity index (χ1v) is 4.91. The minimum absolute atomic E-state index is 0.416. The number of hydrogen-bond acceptors (Lipinski definition) is 3. The quantitative estimate of drug-likeness (QED) is 0.564. The Morgan fingerprint density at radius 3 is 2.38 bits per heavy atom. The highest BCUT2D eigenvalue weighted by Gasteiger charge is 2.23. The normalized spacial score (nSPS) is 11.6. The van der Waals surface area contributed by atoms with Crippen molar-refractivity contribution in [2.45, 2.75) is 25.8 Å². The van der Waals surface area contributed by atoms with Crippen molar-refractivity contribution in [2.24, 2.45) is 5.73 Å². The minimum Gasteiger partial charge on any atom is -0.480 e. The van der Waals surface area contributed by atoms with Crippen LogP contribution in [0.15, 0.2) is 0 Å². The van der Waals surface area contributed by atoms with Crippen molar-refractivity contribution in [2.75, 3.05) is 13.6 Å². The van der Waals surface area contributed by atoms with Gasteiger partial charge in [0, 0.05) is 13.6 Å². The molecule has 0 saturated heterocycles. The number of aliphatic carboxylic acids is 1. The van der Waals surface area contributed by atoms with E-state index < -0.39 is 30.4 Å². The van der Waals surface area contributed by atoms with Gasteiger partial charge in [-0.15, -0.1) is 0 Å². The third-order valence-electron chi connectivity index (χ3n) is 1.91. The second-order valence-electron chi connectivity index (χ2n) is 3.43. The summed E-state index contributed by atoms with van der Waals surface area (Å²) in [6.45, 7) is 2.40. The Morgan fingerprint density at radius 1 is 1.44 bits per heavy atom. The number of carbonyl (C=O) groups excluding carboxylic acids is 2. The van der Waals surface area contributed by atoms with Crippen LogP contribution >= 0.6 is 0 Å². The van der Waals surface area contributed by atoms with Crippen molar-refractivity contribution in [1.82, 2.24) is 10.2 Å². The number of carbonyl (C=O) groups is 3. The third kappa shape index (κ3) is 5.18. The molecule has 0 heterocycles. The smallest absolute Gasteiger partial charge is 0.326 e. The van der Waals surface area contributed by atoms with Crippen molar-refractivity contribution < 1.29 is 19.5 Å². The molecule has 0 aliphatic rings. The fourth-order valence-corrected chi connectivity index (χ4v) is 1.10. The number of carboxylic acid groups (broad SMARTS) is 1. The number of hydrogen-bond donors (Lipinski definition) is 3. The summed E-state index contributed by atoms with van der Waals surface area (Å²) >= 11 is 0. The fraction of sp³-hybridized carbons (Fsp3) is 0.667. The van der Waals surface area contributed by atoms with E-state index in [0.29, 0.717) is 6.54 Å². The van der Waals surface area contributed by atoms with Crippen molar-refractivity contribution in [3.05, 3.63) is 0 Å². The van der Waals surface area contributed by atoms with Crippen LogP contribution in [0.5, 0.6) is 0 Å². The molecule has 0 saturated carbocycles. The van der Waals surface area contributed by atoms with Crippen LogP contribution < -0.4 is 11.1 Å². The first kappa shape index (κ1) is 14.2. The number of nitrogens with two attached hydrogens (primary N) is 1. The number of carboxylic acids is 1. The third-order valence-corrected chi connectivity index (χ3v) is 1.91. The van der Waals surface area contributed by atoms with E-state index in [9.17, 15) is 14.4 Å². The Labute approximate surface area is 93.6 Å². The summed E-state index contributed by atoms with van der Waals surface area (Å²) in [5, 5.41) is 11.0. The van der Waals surface area contributed by atoms with Gasteiger partial charge in [0.05, 0.1) is 6.42 Å². The van der Waals surface area contributed by atoms with Gasteiger partial charge in [0.25, 0.3) is 0 Å². The number of nitrogens with one attached hydrogen (secondary N) is 1. The molecule has 4 N–H and O–H groups in total. The average molecular weight is 231 g/mol. The Bertz CT molecular complexity index is 280. The van der Waals surface area contributed by atoms with E-state index in [2.05, 4.69) is 5.32 Å². The monoisotopic (exact) mass is 231 g/mol. The highest BCUT2D eigenvalue weighted by atomic mass is 16.4. The second kappa shape index (κ2) is 6.65. The largest absolute Gasteiger partial charge is 0.480 e. The maximum atomic E-state index is 11.4. The molecule has 0 aromatic carbocycles. The van der Waals surface area contributed by atoms with Crippen molar-refractivity contribution in [3.8, 4) is 0 Å². The van der Waals surface area contributed by atoms with Gasteiger partial charge in [-0.25, -0.2) is 9.59 Å². The summed E-state index contributed by atoms with van der Waals surface area (Å²) < 4.78 is 0. The lowest BCUT2D eigenvalue weighted by molar-refractivity contribution is -0.140. The maximum absolute atomic E-state index is 11.4. The zero-order chi connectivity index (χ0) is 12.7. The van der Waals surface area contributed by atoms with Crippen molar-refractivity contribution >= 4 is 17.9 Å². The second-order valence-corrected chi connectivity index (χ2v) is 3.43. The van der Waals surface area contributed by atoms with Gasteiger partial charge in [-0.3, -0.25) is 4.79 Å². The van der Waals surface area contributed by atoms with E-state index in [1.807, 2.05) is 6.92 Å². The van der Waals surface area contributed by atoms with E-state index in [1.54, 1.807) is 7.05 Å². The molecule has 0 aromatic heterocycles. The van der Waals surface area contributed by atoms with Crippen LogP contribution in [-0.2, 0) is 9.59 Å². The van der Waals surface area contributed by atoms with Crippen LogP contribution in [0.3, 0.4) is 0 Å². The standard InChI is InChI=1S/C9H17N3O4/c1-3-4-12(2)9(16)11-6(8(14)15)5-7(10)13/h6H,3-5H2,1-2H3,(H2,10,13)(H,11,16)(H,14,15). The summed E-state index contributed by atoms with van der Waals surface area (Å²) in [6.07, 6.45) is 0.346. The molecule has 92 valence electrons. The lowest BCUT2D eigenvalue weighted by Gasteiger charge is -2.20. The SMILES string of the molecule is CCCN(C)C(=O)NC(CC(N)=O)C(=O)O. The molecule has 1 unspecified atom stereocenters. The molecule has 0 bridgehead atoms. The topological polar surface area (TPSA) is 113 Å². The number of primary amides is 1. The Morgan fingerprint density at radius 2 is 2.00 bits per heavy atom. The molecule has 7 heteroatoms. The summed E-state index contributed by atoms with van der Waals surface area (Å²) in [5.74, 6) is -2.05. The molecule has 0 aliphatic heterocycles. The Balaban J connectivity index is 4.34. The molecule has 0 aromatic rings. The number of amides is 3. The Kier molecular flexibility index (Phi) is 5.91. The predicted molar refractivity (Wildman–Crippen MR) is 56.7 cm³/mol. The fourth-order valence-electron chi connectivity index (χ4n) is 1.10. The molecule has 1 atom stereocenters. The van der Waals surface area contributed by atoms with E-state index in [4.69, 9.17) is 10.8 Å². The number of rotatable bonds is 6. The van der Waals surface area contributed by atoms with Crippen LogP contribution in [0.4, 0.5) is 4.79 Å². The number of urea groups is 1. The van der Waals surface area contributed by atoms with Crippen LogP contribution in [0, 0.1) is 0 Å². The molecule has 0 radical (unpaired) electrons. The lowest BCUT2D eigenvalue weighted by atomic mass is 10.2. The number of nitrogens with zero attached hydrogens (tertiary/aromatic N) is 1. The molecular weight excluding hydrogens is 214 g/mol. The van der Waals surface area contributed by atoms with Gasteiger partial charge in [0.1, 0.15) is 6.04 Å². The molecule has 7 nitrogen and oxygen atoms in total. The molecular formula is C9H17N3O4. The average Bonchev–Trinajstić information content (AvgIpc) is 2.16. The maximum Gasteiger partial charge on any atom is 0.326 e. The predicted octanol–water partition coefficient (Wildman–Crippen LogP) is -0.634. The first-order valence-electron chi connectivity index (χ1n) is 4.91. The van der Waals surface area contributed by atoms with E-state index in [1.165, 1.54) is 4.90 Å². The van der Waals surface area contributed by atoms with Crippen LogP contribution in [0.25, 0.3) is 0 Å². The van der Waals surface area contributed by atoms with E-state index >= 15 is 0 Å². The lowest BCUT2D eigenvalue weighted by Crippen LogP contribution is -2.48. The molecule has 0 spiro atoms. The highest BCUT2D eigenvalue weighted by molar-refractivity contribution is 5.87. The van der Waals surface area contributed by atoms with Gasteiger partial charge < -0.3 is 21.1 Å². The summed E-state index contributed by atoms with van der Waals surface area (Å²) in [7, 11) is 1.54. The molecule has 0 aliphatic carbocycles. The molecule has 0 rings (SSSR count). The van der Waals surface area contributed by atoms with E-state index in [0.717, 1.165) is 6.42 Å². The van der Waals surface area contributed by atoms with Crippen molar-refractivity contribution in [1.29, 1.82) is 0 Å². The zero-order valence-corrected chi connectivity index (χ0v) is 9.40. The molecule has 0 fully saturated rings. The van der Waals surface area contributed by atoms with Gasteiger partial charge in [0.2, 0.25) is 5.91 Å². The zero-order valence-electron chi connectivity index (χ0n) is 9.40. The van der Waals surface area contributed by atoms with Gasteiger partial charge in [-0.1, -0.05) is 6.92 Å². The van der Waals surface area contributed by atoms with Gasteiger partial charge in [-0.2, -0.15) is 0 Å². The molecule has 16 heavy (non-hydrogen) atoms. The van der Waals surface area contributed by atoms with Crippen molar-refractivity contribution in [3.63, 3.8) is 0 Å². The highest BCUT2D eigenvalue weighted by Crippen LogP contribution is 1.95. The van der Waals surface area contributed by atoms with Gasteiger partial charge >= 0.3 is 12.0 Å². The minimum atomic E-state index is -1.28. The van der Waals surface area contributed by atoms with E-state index in [-0.39, 0.29) is 0 Å².